The van der Waals surface area contributed by atoms with Crippen LogP contribution in [-0.4, -0.2) is 20.3 Å². The molecule has 0 N–H and O–H groups in total. The van der Waals surface area contributed by atoms with Gasteiger partial charge in [-0.15, -0.1) is 0 Å². The van der Waals surface area contributed by atoms with Crippen LogP contribution in [0.3, 0.4) is 0 Å². The van der Waals surface area contributed by atoms with E-state index in [1.165, 1.54) is 12.8 Å². The molecule has 0 aliphatic rings. The Labute approximate surface area is 71.7 Å². The third-order valence-electron chi connectivity index (χ3n) is 1.74. The van der Waals surface area contributed by atoms with E-state index in [1.807, 2.05) is 0 Å². The van der Waals surface area contributed by atoms with Gasteiger partial charge in [-0.25, -0.2) is 0 Å². The normalized spacial score (nSPS) is 10.8. The number of hydrogen-bond acceptors (Lipinski definition) is 0. The van der Waals surface area contributed by atoms with Crippen LogP contribution in [0, 0.1) is 0 Å². The molecule has 0 heterocycles. The van der Waals surface area contributed by atoms with Crippen LogP contribution in [0.4, 0.5) is 2.87 Å². The molecule has 0 spiro atoms. The second-order valence-corrected chi connectivity index (χ2v) is 9.59. The average Bonchev–Trinajstić information content (AvgIpc) is 1.97. The standard InChI is InChI=1S/2C4H9.FH.Sn.H/c2*1-3-4-2;;;/h2*1,3-4H2,2H3;1H;;/q;;;+1;/p-1. The Morgan fingerprint density at radius 3 is 1.70 bits per heavy atom. The van der Waals surface area contributed by atoms with Crippen LogP contribution in [0.2, 0.25) is 8.87 Å². The van der Waals surface area contributed by atoms with E-state index in [0.717, 1.165) is 21.7 Å². The topological polar surface area (TPSA) is 0 Å². The van der Waals surface area contributed by atoms with Gasteiger partial charge in [0.1, 0.15) is 0 Å². The van der Waals surface area contributed by atoms with Crippen molar-refractivity contribution in [3.05, 3.63) is 0 Å². The molecule has 0 bridgehead atoms. The second-order valence-electron chi connectivity index (χ2n) is 2.88. The minimum absolute atomic E-state index is 0.984. The third-order valence-corrected chi connectivity index (χ3v) is 7.65. The molecule has 0 fully saturated rings. The predicted octanol–water partition coefficient (Wildman–Crippen LogP) is 3.28. The minimum atomic E-state index is -2.36. The molecule has 10 heavy (non-hydrogen) atoms. The van der Waals surface area contributed by atoms with Crippen molar-refractivity contribution >= 4 is 20.3 Å². The van der Waals surface area contributed by atoms with Gasteiger partial charge in [-0.2, -0.15) is 0 Å². The van der Waals surface area contributed by atoms with Crippen LogP contribution in [0.5, 0.6) is 0 Å². The van der Waals surface area contributed by atoms with Crippen molar-refractivity contribution < 1.29 is 2.87 Å². The number of rotatable bonds is 6. The molecule has 0 amide bonds. The van der Waals surface area contributed by atoms with Crippen molar-refractivity contribution in [1.29, 1.82) is 0 Å². The monoisotopic (exact) mass is 254 g/mol. The molecule has 0 nitrogen and oxygen atoms in total. The van der Waals surface area contributed by atoms with Gasteiger partial charge in [-0.1, -0.05) is 0 Å². The molecule has 0 saturated carbocycles. The van der Waals surface area contributed by atoms with Crippen molar-refractivity contribution in [2.75, 3.05) is 0 Å². The van der Waals surface area contributed by atoms with E-state index in [-0.39, 0.29) is 0 Å². The molecule has 0 aliphatic carbocycles. The van der Waals surface area contributed by atoms with Gasteiger partial charge in [0, 0.05) is 0 Å². The van der Waals surface area contributed by atoms with E-state index in [9.17, 15) is 2.87 Å². The van der Waals surface area contributed by atoms with Gasteiger partial charge in [0.25, 0.3) is 0 Å². The summed E-state index contributed by atoms with van der Waals surface area (Å²) in [5.74, 6) is 0. The summed E-state index contributed by atoms with van der Waals surface area (Å²) in [7, 11) is 0. The summed E-state index contributed by atoms with van der Waals surface area (Å²) < 4.78 is 15.0. The van der Waals surface area contributed by atoms with E-state index in [0.29, 0.717) is 0 Å². The van der Waals surface area contributed by atoms with Crippen molar-refractivity contribution in [2.45, 2.75) is 48.4 Å². The summed E-state index contributed by atoms with van der Waals surface area (Å²) in [5, 5.41) is 0. The molecule has 2 heteroatoms. The van der Waals surface area contributed by atoms with Crippen LogP contribution >= 0.6 is 0 Å². The molecule has 0 aliphatic heterocycles. The van der Waals surface area contributed by atoms with Gasteiger partial charge in [0.2, 0.25) is 0 Å². The maximum atomic E-state index is 13.0. The molecule has 0 aromatic heterocycles. The van der Waals surface area contributed by atoms with Crippen LogP contribution in [0.25, 0.3) is 0 Å². The maximum absolute atomic E-state index is 13.0. The van der Waals surface area contributed by atoms with Gasteiger partial charge in [0.05, 0.1) is 0 Å². The van der Waals surface area contributed by atoms with Gasteiger partial charge in [-0.05, 0) is 0 Å². The van der Waals surface area contributed by atoms with E-state index in [4.69, 9.17) is 0 Å². The molecule has 62 valence electrons. The van der Waals surface area contributed by atoms with Crippen LogP contribution in [0.15, 0.2) is 0 Å². The van der Waals surface area contributed by atoms with Gasteiger partial charge in [0.15, 0.2) is 0 Å². The molecule has 0 saturated heterocycles. The Morgan fingerprint density at radius 2 is 1.40 bits per heavy atom. The van der Waals surface area contributed by atoms with Crippen LogP contribution < -0.4 is 0 Å². The van der Waals surface area contributed by atoms with E-state index < -0.39 is 20.3 Å². The van der Waals surface area contributed by atoms with Crippen molar-refractivity contribution in [3.63, 3.8) is 0 Å². The van der Waals surface area contributed by atoms with Crippen molar-refractivity contribution in [3.8, 4) is 0 Å². The van der Waals surface area contributed by atoms with E-state index >= 15 is 0 Å². The first-order chi connectivity index (χ1) is 4.81. The Hall–Kier alpha value is 0.729. The summed E-state index contributed by atoms with van der Waals surface area (Å²) in [6, 6.07) is 0. The van der Waals surface area contributed by atoms with E-state index in [2.05, 4.69) is 13.8 Å². The first-order valence-corrected chi connectivity index (χ1v) is 10.4. The Balaban J connectivity index is 3.00. The average molecular weight is 253 g/mol. The number of halogens is 1. The molecular formula is C8H19FSn. The molecule has 0 atom stereocenters. The number of hydrogen-bond donors (Lipinski definition) is 0. The molecule has 0 aromatic rings. The fraction of sp³-hybridized carbons (Fsp3) is 1.00. The summed E-state index contributed by atoms with van der Waals surface area (Å²) in [6.45, 7) is 4.27. The summed E-state index contributed by atoms with van der Waals surface area (Å²) in [6.07, 6.45) is 4.62. The van der Waals surface area contributed by atoms with Crippen LogP contribution in [0.1, 0.15) is 39.5 Å². The Kier molecular flexibility index (Phi) is 8.40. The van der Waals surface area contributed by atoms with Gasteiger partial charge < -0.3 is 0 Å². The zero-order valence-electron chi connectivity index (χ0n) is 7.20. The first-order valence-electron chi connectivity index (χ1n) is 4.45. The quantitative estimate of drug-likeness (QED) is 0.637. The van der Waals surface area contributed by atoms with Crippen molar-refractivity contribution in [1.82, 2.24) is 0 Å². The summed E-state index contributed by atoms with van der Waals surface area (Å²) in [4.78, 5) is 0. The molecule has 0 rings (SSSR count). The second kappa shape index (κ2) is 7.83. The number of unbranched alkanes of at least 4 members (excludes halogenated alkanes) is 2. The van der Waals surface area contributed by atoms with Gasteiger partial charge in [-0.3, -0.25) is 0 Å². The molecule has 0 radical (unpaired) electrons. The predicted molar refractivity (Wildman–Crippen MR) is 47.7 cm³/mol. The van der Waals surface area contributed by atoms with Gasteiger partial charge >= 0.3 is 71.6 Å². The Morgan fingerprint density at radius 1 is 1.00 bits per heavy atom. The zero-order valence-corrected chi connectivity index (χ0v) is 10.5. The first kappa shape index (κ1) is 10.7. The third kappa shape index (κ3) is 6.84. The fourth-order valence-corrected chi connectivity index (χ4v) is 6.68. The SMILES string of the molecule is CCC[CH2][SnH]([F])[CH2]CCC. The van der Waals surface area contributed by atoms with Crippen LogP contribution in [-0.2, 0) is 0 Å². The summed E-state index contributed by atoms with van der Waals surface area (Å²) >= 11 is -2.36. The molecule has 0 unspecified atom stereocenters. The molecule has 0 aromatic carbocycles. The van der Waals surface area contributed by atoms with Crippen molar-refractivity contribution in [2.24, 2.45) is 0 Å². The molecular weight excluding hydrogens is 234 g/mol. The Bertz CT molecular complexity index is 58.3. The fourth-order valence-electron chi connectivity index (χ4n) is 0.996. The summed E-state index contributed by atoms with van der Waals surface area (Å²) in [5.41, 5.74) is 0. The van der Waals surface area contributed by atoms with E-state index in [1.54, 1.807) is 0 Å². The zero-order chi connectivity index (χ0) is 7.82.